The summed E-state index contributed by atoms with van der Waals surface area (Å²) in [5.74, 6) is 0.590. The first-order valence-corrected chi connectivity index (χ1v) is 10.0. The second kappa shape index (κ2) is 7.53. The van der Waals surface area contributed by atoms with Crippen molar-refractivity contribution in [2.75, 3.05) is 13.2 Å². The van der Waals surface area contributed by atoms with E-state index in [1.165, 1.54) is 42.1 Å². The van der Waals surface area contributed by atoms with Crippen LogP contribution in [0.15, 0.2) is 37.1 Å². The topological polar surface area (TPSA) is 30.3 Å². The van der Waals surface area contributed by atoms with E-state index >= 15 is 0 Å². The molecule has 2 fully saturated rings. The van der Waals surface area contributed by atoms with Gasteiger partial charge < -0.3 is 4.74 Å². The summed E-state index contributed by atoms with van der Waals surface area (Å²) >= 11 is 0. The summed E-state index contributed by atoms with van der Waals surface area (Å²) in [6, 6.07) is 7.98. The number of fused-ring (bicyclic) bond motifs is 3. The Morgan fingerprint density at radius 1 is 1.27 bits per heavy atom. The summed E-state index contributed by atoms with van der Waals surface area (Å²) in [6.45, 7) is 11.1. The normalized spacial score (nSPS) is 27.1. The zero-order valence-corrected chi connectivity index (χ0v) is 16.1. The summed E-state index contributed by atoms with van der Waals surface area (Å²) in [5, 5.41) is 5.88. The first-order chi connectivity index (χ1) is 12.6. The van der Waals surface area contributed by atoms with Crippen LogP contribution in [0.1, 0.15) is 38.2 Å². The van der Waals surface area contributed by atoms with Gasteiger partial charge in [0, 0.05) is 30.6 Å². The molecule has 2 aromatic rings. The van der Waals surface area contributed by atoms with Crippen molar-refractivity contribution in [2.45, 2.75) is 64.3 Å². The lowest BCUT2D eigenvalue weighted by Gasteiger charge is -2.40. The third kappa shape index (κ3) is 3.58. The molecule has 0 unspecified atom stereocenters. The Balaban J connectivity index is 1.38. The fraction of sp³-hybridized carbons (Fsp3) is 0.591. The first kappa shape index (κ1) is 17.7. The highest BCUT2D eigenvalue weighted by Gasteiger charge is 2.41. The number of nitrogens with zero attached hydrogens (tertiary/aromatic N) is 3. The van der Waals surface area contributed by atoms with Gasteiger partial charge in [0.2, 0.25) is 0 Å². The number of rotatable bonds is 7. The van der Waals surface area contributed by atoms with E-state index in [4.69, 9.17) is 4.74 Å². The lowest BCUT2D eigenvalue weighted by molar-refractivity contribution is -0.0134. The van der Waals surface area contributed by atoms with Gasteiger partial charge in [0.1, 0.15) is 0 Å². The summed E-state index contributed by atoms with van der Waals surface area (Å²) in [7, 11) is 0. The average molecular weight is 354 g/mol. The molecular weight excluding hydrogens is 322 g/mol. The molecule has 0 radical (unpaired) electrons. The van der Waals surface area contributed by atoms with Crippen molar-refractivity contribution in [1.29, 1.82) is 0 Å². The van der Waals surface area contributed by atoms with Crippen molar-refractivity contribution in [3.63, 3.8) is 0 Å². The quantitative estimate of drug-likeness (QED) is 0.700. The molecule has 26 heavy (non-hydrogen) atoms. The fourth-order valence-corrected chi connectivity index (χ4v) is 4.90. The minimum Gasteiger partial charge on any atom is -0.374 e. The Labute approximate surface area is 156 Å². The second-order valence-corrected chi connectivity index (χ2v) is 8.29. The number of hydrogen-bond acceptors (Lipinski definition) is 3. The van der Waals surface area contributed by atoms with Crippen LogP contribution in [0.4, 0.5) is 0 Å². The predicted molar refractivity (Wildman–Crippen MR) is 106 cm³/mol. The molecule has 4 rings (SSSR count). The van der Waals surface area contributed by atoms with Gasteiger partial charge in [-0.3, -0.25) is 9.58 Å². The molecule has 2 aliphatic heterocycles. The van der Waals surface area contributed by atoms with Crippen LogP contribution in [0.25, 0.3) is 10.9 Å². The Morgan fingerprint density at radius 3 is 2.77 bits per heavy atom. The van der Waals surface area contributed by atoms with Gasteiger partial charge in [-0.05, 0) is 50.2 Å². The van der Waals surface area contributed by atoms with Crippen molar-refractivity contribution in [2.24, 2.45) is 5.92 Å². The van der Waals surface area contributed by atoms with E-state index in [9.17, 15) is 0 Å². The lowest BCUT2D eigenvalue weighted by atomic mass is 9.98. The van der Waals surface area contributed by atoms with Crippen molar-refractivity contribution in [3.8, 4) is 0 Å². The van der Waals surface area contributed by atoms with Crippen LogP contribution in [0.5, 0.6) is 0 Å². The highest BCUT2D eigenvalue weighted by Crippen LogP contribution is 2.37. The number of hydrogen-bond donors (Lipinski definition) is 0. The summed E-state index contributed by atoms with van der Waals surface area (Å²) in [5.41, 5.74) is 2.56. The summed E-state index contributed by atoms with van der Waals surface area (Å²) in [4.78, 5) is 2.76. The lowest BCUT2D eigenvalue weighted by Crippen LogP contribution is -2.47. The molecular formula is C22H31N3O. The number of aromatic nitrogens is 2. The molecule has 3 atom stereocenters. The maximum atomic E-state index is 5.95. The maximum Gasteiger partial charge on any atom is 0.0685 e. The molecule has 2 aliphatic rings. The van der Waals surface area contributed by atoms with Gasteiger partial charge in [-0.2, -0.15) is 5.10 Å². The van der Waals surface area contributed by atoms with E-state index in [1.807, 2.05) is 12.3 Å². The summed E-state index contributed by atoms with van der Waals surface area (Å²) in [6.07, 6.45) is 9.31. The van der Waals surface area contributed by atoms with Gasteiger partial charge in [-0.15, -0.1) is 6.58 Å². The zero-order chi connectivity index (χ0) is 18.1. The molecule has 2 bridgehead atoms. The predicted octanol–water partition coefficient (Wildman–Crippen LogP) is 4.18. The van der Waals surface area contributed by atoms with Crippen LogP contribution in [0.2, 0.25) is 0 Å². The van der Waals surface area contributed by atoms with E-state index in [2.05, 4.69) is 53.3 Å². The van der Waals surface area contributed by atoms with Crippen molar-refractivity contribution >= 4 is 10.9 Å². The Bertz CT molecular complexity index is 754. The van der Waals surface area contributed by atoms with E-state index in [1.54, 1.807) is 0 Å². The van der Waals surface area contributed by atoms with Crippen LogP contribution < -0.4 is 0 Å². The monoisotopic (exact) mass is 353 g/mol. The van der Waals surface area contributed by atoms with Crippen LogP contribution in [0.3, 0.4) is 0 Å². The minimum atomic E-state index is 0.426. The van der Waals surface area contributed by atoms with Crippen molar-refractivity contribution in [1.82, 2.24) is 14.7 Å². The fourth-order valence-electron chi connectivity index (χ4n) is 4.90. The third-order valence-corrected chi connectivity index (χ3v) is 6.10. The van der Waals surface area contributed by atoms with Crippen LogP contribution in [-0.4, -0.2) is 46.0 Å². The molecule has 2 saturated heterocycles. The van der Waals surface area contributed by atoms with Crippen LogP contribution in [0, 0.1) is 12.8 Å². The van der Waals surface area contributed by atoms with Gasteiger partial charge in [0.05, 0.1) is 24.4 Å². The van der Waals surface area contributed by atoms with E-state index in [0.717, 1.165) is 13.1 Å². The molecule has 3 heterocycles. The number of aryl methyl sites for hydroxylation is 1. The minimum absolute atomic E-state index is 0.426. The average Bonchev–Trinajstić information content (AvgIpc) is 3.10. The molecule has 4 heteroatoms. The Kier molecular flexibility index (Phi) is 5.14. The van der Waals surface area contributed by atoms with Gasteiger partial charge in [-0.25, -0.2) is 0 Å². The number of piperidine rings is 1. The third-order valence-electron chi connectivity index (χ3n) is 6.10. The van der Waals surface area contributed by atoms with Crippen molar-refractivity contribution in [3.05, 3.63) is 42.6 Å². The molecule has 140 valence electrons. The highest BCUT2D eigenvalue weighted by atomic mass is 16.5. The zero-order valence-electron chi connectivity index (χ0n) is 16.1. The maximum absolute atomic E-state index is 5.95. The molecule has 1 aromatic heterocycles. The SMILES string of the molecule is C=CCOC1C[C@@H]2CC[C@@H](C1)N2C[C@@H](C)Cn1ncc2ccc(C)cc21. The van der Waals surface area contributed by atoms with Crippen LogP contribution in [-0.2, 0) is 11.3 Å². The molecule has 0 N–H and O–H groups in total. The van der Waals surface area contributed by atoms with E-state index in [-0.39, 0.29) is 0 Å². The molecule has 1 aromatic carbocycles. The second-order valence-electron chi connectivity index (χ2n) is 8.29. The summed E-state index contributed by atoms with van der Waals surface area (Å²) < 4.78 is 8.14. The Morgan fingerprint density at radius 2 is 2.04 bits per heavy atom. The molecule has 0 aliphatic carbocycles. The molecule has 0 saturated carbocycles. The van der Waals surface area contributed by atoms with E-state index in [0.29, 0.717) is 30.7 Å². The molecule has 0 amide bonds. The standard InChI is InChI=1S/C22H31N3O/c1-4-9-26-21-11-19-7-8-20(12-21)24(19)14-17(3)15-25-22-10-16(2)5-6-18(22)13-23-25/h4-6,10,13,17,19-21H,1,7-9,11-12,14-15H2,2-3H3/t17-,19+,20+/m1/s1. The van der Waals surface area contributed by atoms with Crippen LogP contribution >= 0.6 is 0 Å². The van der Waals surface area contributed by atoms with Crippen molar-refractivity contribution < 1.29 is 4.74 Å². The number of benzene rings is 1. The van der Waals surface area contributed by atoms with E-state index < -0.39 is 0 Å². The highest BCUT2D eigenvalue weighted by molar-refractivity contribution is 5.79. The first-order valence-electron chi connectivity index (χ1n) is 10.0. The van der Waals surface area contributed by atoms with Gasteiger partial charge in [0.25, 0.3) is 0 Å². The van der Waals surface area contributed by atoms with Gasteiger partial charge >= 0.3 is 0 Å². The van der Waals surface area contributed by atoms with Gasteiger partial charge in [-0.1, -0.05) is 25.1 Å². The largest absolute Gasteiger partial charge is 0.374 e. The smallest absolute Gasteiger partial charge is 0.0685 e. The number of ether oxygens (including phenoxy) is 1. The van der Waals surface area contributed by atoms with Gasteiger partial charge in [0.15, 0.2) is 0 Å². The Hall–Kier alpha value is -1.65. The molecule has 4 nitrogen and oxygen atoms in total. The molecule has 0 spiro atoms.